The second-order valence-electron chi connectivity index (χ2n) is 5.56. The molecule has 0 saturated carbocycles. The predicted molar refractivity (Wildman–Crippen MR) is 73.0 cm³/mol. The van der Waals surface area contributed by atoms with Crippen LogP contribution in [-0.4, -0.2) is 30.1 Å². The van der Waals surface area contributed by atoms with Gasteiger partial charge in [-0.15, -0.1) is 0 Å². The highest BCUT2D eigenvalue weighted by Gasteiger charge is 2.31. The average molecular weight is 250 g/mol. The topological polar surface area (TPSA) is 29.3 Å². The van der Waals surface area contributed by atoms with Crippen molar-refractivity contribution in [2.75, 3.05) is 19.6 Å². The Hall–Kier alpha value is -0.930. The Morgan fingerprint density at radius 2 is 2.00 bits per heavy atom. The third-order valence-corrected chi connectivity index (χ3v) is 4.03. The van der Waals surface area contributed by atoms with E-state index in [0.29, 0.717) is 6.54 Å². The Kier molecular flexibility index (Phi) is 4.36. The summed E-state index contributed by atoms with van der Waals surface area (Å²) in [6.45, 7) is 5.04. The number of halogens is 1. The van der Waals surface area contributed by atoms with E-state index in [9.17, 15) is 4.39 Å². The summed E-state index contributed by atoms with van der Waals surface area (Å²) in [6, 6.07) is 6.88. The number of nitrogens with zero attached hydrogens (tertiary/aromatic N) is 1. The molecule has 0 radical (unpaired) electrons. The van der Waals surface area contributed by atoms with E-state index in [-0.39, 0.29) is 11.4 Å². The van der Waals surface area contributed by atoms with Crippen molar-refractivity contribution in [3.05, 3.63) is 35.6 Å². The van der Waals surface area contributed by atoms with Gasteiger partial charge in [0, 0.05) is 12.1 Å². The molecule has 2 N–H and O–H groups in total. The van der Waals surface area contributed by atoms with Crippen molar-refractivity contribution in [2.45, 2.75) is 38.1 Å². The van der Waals surface area contributed by atoms with Crippen LogP contribution in [0.25, 0.3) is 0 Å². The van der Waals surface area contributed by atoms with Crippen LogP contribution in [0.15, 0.2) is 24.3 Å². The summed E-state index contributed by atoms with van der Waals surface area (Å²) >= 11 is 0. The summed E-state index contributed by atoms with van der Waals surface area (Å²) in [7, 11) is 0. The smallest absolute Gasteiger partial charge is 0.123 e. The van der Waals surface area contributed by atoms with Gasteiger partial charge in [0.15, 0.2) is 0 Å². The summed E-state index contributed by atoms with van der Waals surface area (Å²) in [6.07, 6.45) is 4.63. The van der Waals surface area contributed by atoms with E-state index in [0.717, 1.165) is 25.1 Å². The molecule has 0 spiro atoms. The van der Waals surface area contributed by atoms with Gasteiger partial charge < -0.3 is 5.73 Å². The zero-order valence-electron chi connectivity index (χ0n) is 11.2. The average Bonchev–Trinajstić information content (AvgIpc) is 2.39. The van der Waals surface area contributed by atoms with Crippen LogP contribution in [0.1, 0.15) is 31.7 Å². The van der Waals surface area contributed by atoms with E-state index in [1.165, 1.54) is 25.3 Å². The Morgan fingerprint density at radius 3 is 2.61 bits per heavy atom. The normalized spacial score (nSPS) is 20.6. The van der Waals surface area contributed by atoms with E-state index < -0.39 is 0 Å². The van der Waals surface area contributed by atoms with Crippen LogP contribution in [0.2, 0.25) is 0 Å². The van der Waals surface area contributed by atoms with Crippen molar-refractivity contribution in [3.8, 4) is 0 Å². The van der Waals surface area contributed by atoms with Crippen molar-refractivity contribution in [1.29, 1.82) is 0 Å². The number of nitrogens with two attached hydrogens (primary N) is 1. The molecule has 1 aromatic rings. The van der Waals surface area contributed by atoms with Crippen LogP contribution in [0.5, 0.6) is 0 Å². The lowest BCUT2D eigenvalue weighted by molar-refractivity contribution is 0.0869. The second kappa shape index (κ2) is 5.81. The Bertz CT molecular complexity index is 388. The minimum absolute atomic E-state index is 0.0474. The number of hydrogen-bond donors (Lipinski definition) is 1. The molecule has 1 saturated heterocycles. The number of likely N-dealkylation sites (tertiary alicyclic amines) is 1. The van der Waals surface area contributed by atoms with Crippen molar-refractivity contribution >= 4 is 0 Å². The molecule has 1 aliphatic rings. The van der Waals surface area contributed by atoms with E-state index in [1.54, 1.807) is 12.1 Å². The van der Waals surface area contributed by atoms with Gasteiger partial charge in [-0.3, -0.25) is 4.90 Å². The van der Waals surface area contributed by atoms with Crippen LogP contribution in [0.4, 0.5) is 4.39 Å². The Balaban J connectivity index is 2.11. The highest BCUT2D eigenvalue weighted by atomic mass is 19.1. The van der Waals surface area contributed by atoms with E-state index in [4.69, 9.17) is 5.73 Å². The van der Waals surface area contributed by atoms with Gasteiger partial charge in [-0.1, -0.05) is 18.6 Å². The predicted octanol–water partition coefficient (Wildman–Crippen LogP) is 2.57. The molecule has 1 aliphatic heterocycles. The standard InChI is InChI=1S/C15H23FN2/c1-15(12-17,18-8-3-2-4-9-18)11-13-6-5-7-14(16)10-13/h5-7,10H,2-4,8-9,11-12,17H2,1H3. The molecule has 1 unspecified atom stereocenters. The number of rotatable bonds is 4. The fourth-order valence-corrected chi connectivity index (χ4v) is 2.83. The maximum Gasteiger partial charge on any atom is 0.123 e. The molecule has 3 heteroatoms. The second-order valence-corrected chi connectivity index (χ2v) is 5.56. The van der Waals surface area contributed by atoms with Crippen molar-refractivity contribution in [2.24, 2.45) is 5.73 Å². The van der Waals surface area contributed by atoms with Gasteiger partial charge in [-0.05, 0) is 57.0 Å². The lowest BCUT2D eigenvalue weighted by Crippen LogP contribution is -2.54. The zero-order chi connectivity index (χ0) is 13.0. The lowest BCUT2D eigenvalue weighted by atomic mass is 9.89. The zero-order valence-corrected chi connectivity index (χ0v) is 11.2. The molecule has 2 rings (SSSR count). The fraction of sp³-hybridized carbons (Fsp3) is 0.600. The maximum atomic E-state index is 13.2. The minimum Gasteiger partial charge on any atom is -0.329 e. The molecule has 2 nitrogen and oxygen atoms in total. The van der Waals surface area contributed by atoms with E-state index >= 15 is 0 Å². The molecule has 0 amide bonds. The molecular formula is C15H23FN2. The van der Waals surface area contributed by atoms with Gasteiger partial charge in [0.25, 0.3) is 0 Å². The van der Waals surface area contributed by atoms with Crippen molar-refractivity contribution in [3.63, 3.8) is 0 Å². The monoisotopic (exact) mass is 250 g/mol. The Morgan fingerprint density at radius 1 is 1.28 bits per heavy atom. The van der Waals surface area contributed by atoms with E-state index in [1.807, 2.05) is 6.07 Å². The lowest BCUT2D eigenvalue weighted by Gasteiger charge is -2.43. The van der Waals surface area contributed by atoms with Crippen LogP contribution < -0.4 is 5.73 Å². The highest BCUT2D eigenvalue weighted by molar-refractivity contribution is 5.19. The molecule has 18 heavy (non-hydrogen) atoms. The summed E-state index contributed by atoms with van der Waals surface area (Å²) in [5.41, 5.74) is 6.98. The largest absolute Gasteiger partial charge is 0.329 e. The summed E-state index contributed by atoms with van der Waals surface area (Å²) in [5, 5.41) is 0. The SMILES string of the molecule is CC(CN)(Cc1cccc(F)c1)N1CCCCC1. The Labute approximate surface area is 109 Å². The first kappa shape index (κ1) is 13.5. The molecule has 0 aliphatic carbocycles. The first-order chi connectivity index (χ1) is 8.64. The third-order valence-electron chi connectivity index (χ3n) is 4.03. The van der Waals surface area contributed by atoms with Gasteiger partial charge in [-0.25, -0.2) is 4.39 Å². The number of hydrogen-bond acceptors (Lipinski definition) is 2. The number of piperidine rings is 1. The van der Waals surface area contributed by atoms with Gasteiger partial charge in [0.2, 0.25) is 0 Å². The summed E-state index contributed by atoms with van der Waals surface area (Å²) in [4.78, 5) is 2.47. The molecule has 100 valence electrons. The number of benzene rings is 1. The van der Waals surface area contributed by atoms with Crippen molar-refractivity contribution < 1.29 is 4.39 Å². The molecule has 0 bridgehead atoms. The van der Waals surface area contributed by atoms with Gasteiger partial charge in [0.1, 0.15) is 5.82 Å². The summed E-state index contributed by atoms with van der Waals surface area (Å²) < 4.78 is 13.2. The molecule has 0 aromatic heterocycles. The van der Waals surface area contributed by atoms with Gasteiger partial charge in [-0.2, -0.15) is 0 Å². The minimum atomic E-state index is -0.162. The third kappa shape index (κ3) is 3.09. The fourth-order valence-electron chi connectivity index (χ4n) is 2.83. The van der Waals surface area contributed by atoms with Crippen LogP contribution in [0, 0.1) is 5.82 Å². The first-order valence-electron chi connectivity index (χ1n) is 6.84. The van der Waals surface area contributed by atoms with E-state index in [2.05, 4.69) is 11.8 Å². The van der Waals surface area contributed by atoms with Crippen LogP contribution in [-0.2, 0) is 6.42 Å². The van der Waals surface area contributed by atoms with Crippen LogP contribution in [0.3, 0.4) is 0 Å². The maximum absolute atomic E-state index is 13.2. The summed E-state index contributed by atoms with van der Waals surface area (Å²) in [5.74, 6) is -0.162. The molecule has 1 atom stereocenters. The molecular weight excluding hydrogens is 227 g/mol. The van der Waals surface area contributed by atoms with Gasteiger partial charge in [0.05, 0.1) is 0 Å². The molecule has 1 fully saturated rings. The first-order valence-corrected chi connectivity index (χ1v) is 6.84. The van der Waals surface area contributed by atoms with Crippen molar-refractivity contribution in [1.82, 2.24) is 4.90 Å². The molecule has 1 heterocycles. The molecule has 1 aromatic carbocycles. The highest BCUT2D eigenvalue weighted by Crippen LogP contribution is 2.24. The van der Waals surface area contributed by atoms with Crippen LogP contribution >= 0.6 is 0 Å². The van der Waals surface area contributed by atoms with Gasteiger partial charge >= 0.3 is 0 Å². The quantitative estimate of drug-likeness (QED) is 0.890.